The van der Waals surface area contributed by atoms with Crippen LogP contribution in [0.3, 0.4) is 0 Å². The summed E-state index contributed by atoms with van der Waals surface area (Å²) in [6.45, 7) is 5.84. The fraction of sp³-hybridized carbons (Fsp3) is 0.368. The first kappa shape index (κ1) is 17.4. The Morgan fingerprint density at radius 1 is 1.20 bits per heavy atom. The molecule has 2 heterocycles. The molecule has 3 rings (SSSR count). The van der Waals surface area contributed by atoms with Gasteiger partial charge in [0, 0.05) is 44.5 Å². The number of nitrogens with zero attached hydrogens (tertiary/aromatic N) is 3. The number of hydrogen-bond acceptors (Lipinski definition) is 5. The van der Waals surface area contributed by atoms with Crippen LogP contribution in [0.1, 0.15) is 22.7 Å². The SMILES string of the molecule is Cc1ccnc(N)c1CN1CCN(C(C(=O)O)c2ccccc2)CC1. The van der Waals surface area contributed by atoms with Gasteiger partial charge >= 0.3 is 5.97 Å². The molecule has 132 valence electrons. The van der Waals surface area contributed by atoms with Crippen LogP contribution in [-0.4, -0.2) is 52.0 Å². The first-order valence-corrected chi connectivity index (χ1v) is 8.50. The molecule has 1 atom stereocenters. The highest BCUT2D eigenvalue weighted by atomic mass is 16.4. The fourth-order valence-corrected chi connectivity index (χ4v) is 3.36. The Balaban J connectivity index is 1.66. The summed E-state index contributed by atoms with van der Waals surface area (Å²) in [6, 6.07) is 10.8. The molecule has 6 nitrogen and oxygen atoms in total. The molecule has 1 unspecified atom stereocenters. The van der Waals surface area contributed by atoms with Crippen molar-refractivity contribution in [2.75, 3.05) is 31.9 Å². The van der Waals surface area contributed by atoms with Crippen LogP contribution in [-0.2, 0) is 11.3 Å². The molecule has 0 radical (unpaired) electrons. The highest BCUT2D eigenvalue weighted by molar-refractivity contribution is 5.75. The van der Waals surface area contributed by atoms with Crippen LogP contribution in [0.4, 0.5) is 5.82 Å². The maximum atomic E-state index is 11.8. The highest BCUT2D eigenvalue weighted by Crippen LogP contribution is 2.24. The normalized spacial score (nSPS) is 17.3. The van der Waals surface area contributed by atoms with Gasteiger partial charge in [-0.25, -0.2) is 4.98 Å². The van der Waals surface area contributed by atoms with Gasteiger partial charge < -0.3 is 10.8 Å². The maximum absolute atomic E-state index is 11.8. The van der Waals surface area contributed by atoms with Gasteiger partial charge in [-0.15, -0.1) is 0 Å². The quantitative estimate of drug-likeness (QED) is 0.865. The minimum atomic E-state index is -0.799. The molecular formula is C19H24N4O2. The van der Waals surface area contributed by atoms with Gasteiger partial charge in [-0.2, -0.15) is 0 Å². The lowest BCUT2D eigenvalue weighted by molar-refractivity contribution is -0.144. The molecule has 0 spiro atoms. The smallest absolute Gasteiger partial charge is 0.325 e. The third-order valence-corrected chi connectivity index (χ3v) is 4.83. The molecule has 1 aliphatic heterocycles. The monoisotopic (exact) mass is 340 g/mol. The van der Waals surface area contributed by atoms with E-state index in [-0.39, 0.29) is 0 Å². The predicted octanol–water partition coefficient (Wildman–Crippen LogP) is 1.92. The number of aryl methyl sites for hydroxylation is 1. The molecule has 2 aromatic rings. The second-order valence-electron chi connectivity index (χ2n) is 6.46. The number of pyridine rings is 1. The zero-order valence-electron chi connectivity index (χ0n) is 14.4. The summed E-state index contributed by atoms with van der Waals surface area (Å²) >= 11 is 0. The van der Waals surface area contributed by atoms with Gasteiger partial charge in [-0.3, -0.25) is 14.6 Å². The second-order valence-corrected chi connectivity index (χ2v) is 6.46. The summed E-state index contributed by atoms with van der Waals surface area (Å²) < 4.78 is 0. The summed E-state index contributed by atoms with van der Waals surface area (Å²) in [4.78, 5) is 20.3. The summed E-state index contributed by atoms with van der Waals surface area (Å²) in [5.74, 6) is -0.220. The predicted molar refractivity (Wildman–Crippen MR) is 97.1 cm³/mol. The van der Waals surface area contributed by atoms with Crippen molar-refractivity contribution in [2.24, 2.45) is 0 Å². The summed E-state index contributed by atoms with van der Waals surface area (Å²) in [6.07, 6.45) is 1.73. The summed E-state index contributed by atoms with van der Waals surface area (Å²) in [5, 5.41) is 9.67. The van der Waals surface area contributed by atoms with Crippen LogP contribution >= 0.6 is 0 Å². The number of nitrogens with two attached hydrogens (primary N) is 1. The number of rotatable bonds is 5. The number of benzene rings is 1. The molecule has 0 bridgehead atoms. The van der Waals surface area contributed by atoms with Gasteiger partial charge in [0.05, 0.1) is 0 Å². The number of nitrogen functional groups attached to an aromatic ring is 1. The van der Waals surface area contributed by atoms with Crippen molar-refractivity contribution in [1.82, 2.24) is 14.8 Å². The lowest BCUT2D eigenvalue weighted by Crippen LogP contribution is -2.48. The molecule has 0 amide bonds. The van der Waals surface area contributed by atoms with Gasteiger partial charge in [0.25, 0.3) is 0 Å². The van der Waals surface area contributed by atoms with Crippen LogP contribution in [0.25, 0.3) is 0 Å². The first-order valence-electron chi connectivity index (χ1n) is 8.50. The molecular weight excluding hydrogens is 316 g/mol. The van der Waals surface area contributed by atoms with Gasteiger partial charge in [-0.1, -0.05) is 30.3 Å². The third-order valence-electron chi connectivity index (χ3n) is 4.83. The number of hydrogen-bond donors (Lipinski definition) is 2. The van der Waals surface area contributed by atoms with E-state index in [9.17, 15) is 9.90 Å². The van der Waals surface area contributed by atoms with Crippen molar-refractivity contribution in [1.29, 1.82) is 0 Å². The minimum absolute atomic E-state index is 0.579. The van der Waals surface area contributed by atoms with Crippen molar-refractivity contribution in [2.45, 2.75) is 19.5 Å². The van der Waals surface area contributed by atoms with E-state index < -0.39 is 12.0 Å². The Morgan fingerprint density at radius 3 is 2.48 bits per heavy atom. The Labute approximate surface area is 147 Å². The molecule has 1 saturated heterocycles. The lowest BCUT2D eigenvalue weighted by atomic mass is 10.0. The molecule has 1 fully saturated rings. The van der Waals surface area contributed by atoms with Crippen LogP contribution in [0.5, 0.6) is 0 Å². The molecule has 1 aliphatic rings. The zero-order chi connectivity index (χ0) is 17.8. The third kappa shape index (κ3) is 3.97. The van der Waals surface area contributed by atoms with E-state index in [0.29, 0.717) is 18.9 Å². The Kier molecular flexibility index (Phi) is 5.31. The van der Waals surface area contributed by atoms with Gasteiger partial charge in [0.15, 0.2) is 0 Å². The van der Waals surface area contributed by atoms with E-state index >= 15 is 0 Å². The van der Waals surface area contributed by atoms with Crippen LogP contribution in [0.2, 0.25) is 0 Å². The average Bonchev–Trinajstić information content (AvgIpc) is 2.60. The van der Waals surface area contributed by atoms with Gasteiger partial charge in [-0.05, 0) is 24.1 Å². The van der Waals surface area contributed by atoms with Crippen molar-refractivity contribution < 1.29 is 9.90 Å². The summed E-state index contributed by atoms with van der Waals surface area (Å²) in [5.41, 5.74) is 9.04. The van der Waals surface area contributed by atoms with Gasteiger partial charge in [0.2, 0.25) is 0 Å². The van der Waals surface area contributed by atoms with Gasteiger partial charge in [0.1, 0.15) is 11.9 Å². The van der Waals surface area contributed by atoms with Crippen molar-refractivity contribution in [3.8, 4) is 0 Å². The fourth-order valence-electron chi connectivity index (χ4n) is 3.36. The van der Waals surface area contributed by atoms with Crippen LogP contribution in [0.15, 0.2) is 42.6 Å². The molecule has 1 aromatic carbocycles. The zero-order valence-corrected chi connectivity index (χ0v) is 14.4. The molecule has 0 aliphatic carbocycles. The first-order chi connectivity index (χ1) is 12.1. The van der Waals surface area contributed by atoms with E-state index in [1.54, 1.807) is 6.20 Å². The van der Waals surface area contributed by atoms with E-state index in [4.69, 9.17) is 5.73 Å². The Morgan fingerprint density at radius 2 is 1.88 bits per heavy atom. The van der Waals surface area contributed by atoms with Crippen LogP contribution in [0, 0.1) is 6.92 Å². The van der Waals surface area contributed by atoms with E-state index in [0.717, 1.165) is 36.3 Å². The number of piperazine rings is 1. The van der Waals surface area contributed by atoms with E-state index in [1.165, 1.54) is 0 Å². The number of aromatic nitrogens is 1. The number of carboxylic acid groups (broad SMARTS) is 1. The van der Waals surface area contributed by atoms with Crippen molar-refractivity contribution >= 4 is 11.8 Å². The number of anilines is 1. The average molecular weight is 340 g/mol. The molecule has 1 aromatic heterocycles. The van der Waals surface area contributed by atoms with E-state index in [1.807, 2.05) is 48.2 Å². The molecule has 6 heteroatoms. The Hall–Kier alpha value is -2.44. The summed E-state index contributed by atoms with van der Waals surface area (Å²) in [7, 11) is 0. The molecule has 3 N–H and O–H groups in total. The van der Waals surface area contributed by atoms with Crippen molar-refractivity contribution in [3.05, 3.63) is 59.3 Å². The standard InChI is InChI=1S/C19H24N4O2/c1-14-7-8-21-18(20)16(14)13-22-9-11-23(12-10-22)17(19(24)25)15-5-3-2-4-6-15/h2-8,17H,9-13H2,1H3,(H2,20,21)(H,24,25). The van der Waals surface area contributed by atoms with Crippen molar-refractivity contribution in [3.63, 3.8) is 0 Å². The minimum Gasteiger partial charge on any atom is -0.480 e. The number of aliphatic carboxylic acids is 1. The van der Waals surface area contributed by atoms with E-state index in [2.05, 4.69) is 9.88 Å². The number of carboxylic acids is 1. The highest BCUT2D eigenvalue weighted by Gasteiger charge is 2.30. The lowest BCUT2D eigenvalue weighted by Gasteiger charge is -2.38. The van der Waals surface area contributed by atoms with Crippen LogP contribution < -0.4 is 5.73 Å². The molecule has 0 saturated carbocycles. The topological polar surface area (TPSA) is 82.7 Å². The second kappa shape index (κ2) is 7.63. The largest absolute Gasteiger partial charge is 0.480 e. The Bertz CT molecular complexity index is 707. The number of carbonyl (C=O) groups is 1. The maximum Gasteiger partial charge on any atom is 0.325 e. The molecule has 25 heavy (non-hydrogen) atoms.